The van der Waals surface area contributed by atoms with Crippen molar-refractivity contribution in [2.75, 3.05) is 24.5 Å². The molecule has 0 aliphatic carbocycles. The van der Waals surface area contributed by atoms with Crippen LogP contribution >= 0.6 is 11.6 Å². The van der Waals surface area contributed by atoms with Crippen molar-refractivity contribution in [1.29, 1.82) is 0 Å². The molecule has 1 N–H and O–H groups in total. The summed E-state index contributed by atoms with van der Waals surface area (Å²) in [6.07, 6.45) is 1.66. The lowest BCUT2D eigenvalue weighted by molar-refractivity contribution is -0.139. The molecule has 11 heteroatoms. The maximum absolute atomic E-state index is 13.9. The lowest BCUT2D eigenvalue weighted by atomic mass is 10.1. The zero-order chi connectivity index (χ0) is 29.3. The molecule has 3 aromatic carbocycles. The average Bonchev–Trinajstić information content (AvgIpc) is 2.94. The van der Waals surface area contributed by atoms with Gasteiger partial charge in [-0.25, -0.2) is 12.8 Å². The van der Waals surface area contributed by atoms with Gasteiger partial charge in [0.05, 0.1) is 17.7 Å². The van der Waals surface area contributed by atoms with Crippen LogP contribution in [0.25, 0.3) is 0 Å². The normalized spacial score (nSPS) is 11.9. The number of amides is 2. The summed E-state index contributed by atoms with van der Waals surface area (Å²) in [7, 11) is -2.82. The Morgan fingerprint density at radius 1 is 1.05 bits per heavy atom. The molecular weight excluding hydrogens is 557 g/mol. The van der Waals surface area contributed by atoms with E-state index in [-0.39, 0.29) is 23.0 Å². The molecule has 2 amide bonds. The van der Waals surface area contributed by atoms with Crippen LogP contribution in [0.5, 0.6) is 5.75 Å². The molecule has 3 aromatic rings. The number of carbonyl (C=O) groups excluding carboxylic acids is 2. The topological polar surface area (TPSA) is 96.0 Å². The third kappa shape index (κ3) is 7.95. The van der Waals surface area contributed by atoms with Gasteiger partial charge in [0, 0.05) is 18.1 Å². The largest absolute Gasteiger partial charge is 0.497 e. The SMILES string of the molecule is CCCCNC(=O)[C@H](C)N(Cc1cccc(Cl)c1)C(=O)CN(c1ccc(F)cc1)S(=O)(=O)c1ccc(OC)cc1. The minimum Gasteiger partial charge on any atom is -0.497 e. The number of rotatable bonds is 13. The number of anilines is 1. The highest BCUT2D eigenvalue weighted by Crippen LogP contribution is 2.26. The van der Waals surface area contributed by atoms with Crippen LogP contribution in [0.4, 0.5) is 10.1 Å². The van der Waals surface area contributed by atoms with Crippen LogP contribution in [-0.2, 0) is 26.2 Å². The van der Waals surface area contributed by atoms with E-state index in [0.717, 1.165) is 29.3 Å². The van der Waals surface area contributed by atoms with E-state index in [0.29, 0.717) is 22.9 Å². The van der Waals surface area contributed by atoms with Crippen molar-refractivity contribution in [2.45, 2.75) is 44.2 Å². The van der Waals surface area contributed by atoms with Gasteiger partial charge in [0.2, 0.25) is 11.8 Å². The second kappa shape index (κ2) is 14.1. The Labute approximate surface area is 239 Å². The summed E-state index contributed by atoms with van der Waals surface area (Å²) < 4.78 is 47.3. The molecule has 8 nitrogen and oxygen atoms in total. The number of hydrogen-bond acceptors (Lipinski definition) is 5. The van der Waals surface area contributed by atoms with Crippen LogP contribution in [0.2, 0.25) is 5.02 Å². The van der Waals surface area contributed by atoms with Crippen LogP contribution in [0.1, 0.15) is 32.3 Å². The molecule has 0 bridgehead atoms. The van der Waals surface area contributed by atoms with E-state index >= 15 is 0 Å². The van der Waals surface area contributed by atoms with E-state index in [1.165, 1.54) is 48.4 Å². The number of unbranched alkanes of at least 4 members (excludes halogenated alkanes) is 1. The molecule has 214 valence electrons. The van der Waals surface area contributed by atoms with Crippen LogP contribution in [-0.4, -0.2) is 51.4 Å². The fraction of sp³-hybridized carbons (Fsp3) is 0.310. The van der Waals surface area contributed by atoms with Crippen molar-refractivity contribution in [3.8, 4) is 5.75 Å². The fourth-order valence-electron chi connectivity index (χ4n) is 3.96. The molecular formula is C29H33ClFN3O5S. The zero-order valence-corrected chi connectivity index (χ0v) is 24.2. The zero-order valence-electron chi connectivity index (χ0n) is 22.6. The second-order valence-electron chi connectivity index (χ2n) is 9.14. The van der Waals surface area contributed by atoms with E-state index < -0.39 is 34.3 Å². The van der Waals surface area contributed by atoms with Gasteiger partial charge in [-0.3, -0.25) is 13.9 Å². The van der Waals surface area contributed by atoms with Crippen LogP contribution in [0.15, 0.2) is 77.7 Å². The summed E-state index contributed by atoms with van der Waals surface area (Å²) in [5.41, 5.74) is 0.758. The number of benzene rings is 3. The number of ether oxygens (including phenoxy) is 1. The molecule has 0 fully saturated rings. The van der Waals surface area contributed by atoms with Crippen molar-refractivity contribution >= 4 is 39.1 Å². The Morgan fingerprint density at radius 3 is 2.33 bits per heavy atom. The van der Waals surface area contributed by atoms with Crippen molar-refractivity contribution in [3.63, 3.8) is 0 Å². The third-order valence-corrected chi connectivity index (χ3v) is 8.30. The predicted octanol–water partition coefficient (Wildman–Crippen LogP) is 5.02. The molecule has 3 rings (SSSR count). The second-order valence-corrected chi connectivity index (χ2v) is 11.4. The van der Waals surface area contributed by atoms with Crippen molar-refractivity contribution in [3.05, 3.63) is 89.2 Å². The first-order valence-corrected chi connectivity index (χ1v) is 14.6. The standard InChI is InChI=1S/C29H33ClFN3O5S/c1-4-5-17-32-29(36)21(2)33(19-22-7-6-8-23(30)18-22)28(35)20-34(25-11-9-24(31)10-12-25)40(37,38)27-15-13-26(39-3)14-16-27/h6-16,18,21H,4-5,17,19-20H2,1-3H3,(H,32,36)/t21-/m0/s1. The van der Waals surface area contributed by atoms with Crippen LogP contribution < -0.4 is 14.4 Å². The molecule has 0 saturated heterocycles. The van der Waals surface area contributed by atoms with Gasteiger partial charge >= 0.3 is 0 Å². The predicted molar refractivity (Wildman–Crippen MR) is 153 cm³/mol. The monoisotopic (exact) mass is 589 g/mol. The number of nitrogens with zero attached hydrogens (tertiary/aromatic N) is 2. The highest BCUT2D eigenvalue weighted by atomic mass is 35.5. The Morgan fingerprint density at radius 2 is 1.73 bits per heavy atom. The minimum atomic E-state index is -4.28. The first-order chi connectivity index (χ1) is 19.1. The number of nitrogens with one attached hydrogen (secondary N) is 1. The minimum absolute atomic E-state index is 0.0155. The van der Waals surface area contributed by atoms with Crippen LogP contribution in [0.3, 0.4) is 0 Å². The summed E-state index contributed by atoms with van der Waals surface area (Å²) in [5, 5.41) is 3.29. The first kappa shape index (κ1) is 30.9. The van der Waals surface area contributed by atoms with Gasteiger partial charge in [-0.15, -0.1) is 0 Å². The summed E-state index contributed by atoms with van der Waals surface area (Å²) in [5.74, 6) is -1.09. The third-order valence-electron chi connectivity index (χ3n) is 6.28. The molecule has 0 saturated carbocycles. The van der Waals surface area contributed by atoms with Crippen molar-refractivity contribution in [1.82, 2.24) is 10.2 Å². The molecule has 0 spiro atoms. The van der Waals surface area contributed by atoms with Crippen molar-refractivity contribution < 1.29 is 27.1 Å². The molecule has 0 aliphatic heterocycles. The molecule has 1 atom stereocenters. The van der Waals surface area contributed by atoms with Gasteiger partial charge in [-0.1, -0.05) is 37.1 Å². The van der Waals surface area contributed by atoms with Gasteiger partial charge < -0.3 is 15.0 Å². The summed E-state index contributed by atoms with van der Waals surface area (Å²) in [6, 6.07) is 16.5. The molecule has 0 unspecified atom stereocenters. The maximum Gasteiger partial charge on any atom is 0.264 e. The maximum atomic E-state index is 13.9. The number of halogens is 2. The Kier molecular flexibility index (Phi) is 10.9. The Bertz CT molecular complexity index is 1400. The van der Waals surface area contributed by atoms with E-state index in [1.54, 1.807) is 31.2 Å². The highest BCUT2D eigenvalue weighted by molar-refractivity contribution is 7.92. The fourth-order valence-corrected chi connectivity index (χ4v) is 5.59. The highest BCUT2D eigenvalue weighted by Gasteiger charge is 2.32. The van der Waals surface area contributed by atoms with E-state index in [9.17, 15) is 22.4 Å². The van der Waals surface area contributed by atoms with Gasteiger partial charge in [0.15, 0.2) is 0 Å². The quantitative estimate of drug-likeness (QED) is 0.283. The number of sulfonamides is 1. The van der Waals surface area contributed by atoms with E-state index in [1.807, 2.05) is 6.92 Å². The van der Waals surface area contributed by atoms with Gasteiger partial charge in [0.1, 0.15) is 24.2 Å². The molecule has 0 heterocycles. The first-order valence-electron chi connectivity index (χ1n) is 12.8. The molecule has 0 aliphatic rings. The summed E-state index contributed by atoms with van der Waals surface area (Å²) in [6.45, 7) is 3.42. The van der Waals surface area contributed by atoms with Gasteiger partial charge in [-0.2, -0.15) is 0 Å². The van der Waals surface area contributed by atoms with Crippen LogP contribution in [0, 0.1) is 5.82 Å². The van der Waals surface area contributed by atoms with Gasteiger partial charge in [-0.05, 0) is 79.6 Å². The summed E-state index contributed by atoms with van der Waals surface area (Å²) >= 11 is 6.15. The summed E-state index contributed by atoms with van der Waals surface area (Å²) in [4.78, 5) is 28.1. The molecule has 0 radical (unpaired) electrons. The number of hydrogen-bond donors (Lipinski definition) is 1. The smallest absolute Gasteiger partial charge is 0.264 e. The lowest BCUT2D eigenvalue weighted by Crippen LogP contribution is -2.51. The lowest BCUT2D eigenvalue weighted by Gasteiger charge is -2.32. The van der Waals surface area contributed by atoms with E-state index in [4.69, 9.17) is 16.3 Å². The number of carbonyl (C=O) groups is 2. The van der Waals surface area contributed by atoms with Gasteiger partial charge in [0.25, 0.3) is 10.0 Å². The number of methoxy groups -OCH3 is 1. The molecule has 40 heavy (non-hydrogen) atoms. The molecule has 0 aromatic heterocycles. The Hall–Kier alpha value is -3.63. The van der Waals surface area contributed by atoms with E-state index in [2.05, 4.69) is 5.32 Å². The Balaban J connectivity index is 2.00. The average molecular weight is 590 g/mol. The van der Waals surface area contributed by atoms with Crippen molar-refractivity contribution in [2.24, 2.45) is 0 Å².